The molecular formula is C23H35NO3. The average Bonchev–Trinajstić information content (AvgIpc) is 2.98. The fraction of sp³-hybridized carbons (Fsp3) is 0.826. The molecular weight excluding hydrogens is 338 g/mol. The highest BCUT2D eigenvalue weighted by Crippen LogP contribution is 2.66. The van der Waals surface area contributed by atoms with Gasteiger partial charge in [-0.1, -0.05) is 30.7 Å². The van der Waals surface area contributed by atoms with Crippen LogP contribution in [0.5, 0.6) is 0 Å². The van der Waals surface area contributed by atoms with Gasteiger partial charge in [-0.2, -0.15) is 0 Å². The molecule has 7 atom stereocenters. The minimum atomic E-state index is -0.149. The number of hydrogen-bond acceptors (Lipinski definition) is 4. The van der Waals surface area contributed by atoms with E-state index in [0.29, 0.717) is 5.92 Å². The maximum Gasteiger partial charge on any atom is 0.302 e. The van der Waals surface area contributed by atoms with Crippen LogP contribution in [0.1, 0.15) is 79.1 Å². The summed E-state index contributed by atoms with van der Waals surface area (Å²) in [5.41, 5.74) is 3.04. The fourth-order valence-electron chi connectivity index (χ4n) is 7.72. The zero-order chi connectivity index (χ0) is 19.4. The van der Waals surface area contributed by atoms with Crippen molar-refractivity contribution in [3.05, 3.63) is 11.6 Å². The van der Waals surface area contributed by atoms with Crippen LogP contribution in [0.25, 0.3) is 0 Å². The molecule has 3 fully saturated rings. The number of allylic oxidation sites excluding steroid dienone is 1. The minimum Gasteiger partial charge on any atom is -0.462 e. The van der Waals surface area contributed by atoms with Crippen molar-refractivity contribution in [3.8, 4) is 0 Å². The summed E-state index contributed by atoms with van der Waals surface area (Å²) in [6, 6.07) is 0. The van der Waals surface area contributed by atoms with Gasteiger partial charge in [0.15, 0.2) is 0 Å². The molecule has 0 aromatic heterocycles. The summed E-state index contributed by atoms with van der Waals surface area (Å²) < 4.78 is 5.54. The van der Waals surface area contributed by atoms with Gasteiger partial charge >= 0.3 is 5.97 Å². The summed E-state index contributed by atoms with van der Waals surface area (Å²) >= 11 is 0. The first-order valence-corrected chi connectivity index (χ1v) is 10.8. The lowest BCUT2D eigenvalue weighted by atomic mass is 9.47. The molecule has 0 bridgehead atoms. The second-order valence-electron chi connectivity index (χ2n) is 10.1. The van der Waals surface area contributed by atoms with Crippen LogP contribution < -0.4 is 0 Å². The molecule has 0 heterocycles. The third kappa shape index (κ3) is 2.86. The zero-order valence-electron chi connectivity index (χ0n) is 17.3. The van der Waals surface area contributed by atoms with Crippen LogP contribution in [0, 0.1) is 34.5 Å². The molecule has 1 N–H and O–H groups in total. The van der Waals surface area contributed by atoms with E-state index in [1.165, 1.54) is 39.0 Å². The van der Waals surface area contributed by atoms with Crippen molar-refractivity contribution in [1.29, 1.82) is 0 Å². The predicted octanol–water partition coefficient (Wildman–Crippen LogP) is 5.35. The predicted molar refractivity (Wildman–Crippen MR) is 106 cm³/mol. The molecule has 0 aliphatic heterocycles. The Morgan fingerprint density at radius 2 is 1.93 bits per heavy atom. The number of nitrogens with zero attached hydrogens (tertiary/aromatic N) is 1. The molecule has 3 saturated carbocycles. The number of carbonyl (C=O) groups excluding carboxylic acids is 1. The molecule has 27 heavy (non-hydrogen) atoms. The van der Waals surface area contributed by atoms with E-state index in [1.807, 2.05) is 6.92 Å². The highest BCUT2D eigenvalue weighted by molar-refractivity contribution is 5.85. The quantitative estimate of drug-likeness (QED) is 0.233. The second-order valence-corrected chi connectivity index (χ2v) is 10.1. The van der Waals surface area contributed by atoms with Crippen molar-refractivity contribution in [1.82, 2.24) is 0 Å². The topological polar surface area (TPSA) is 58.9 Å². The standard InChI is InChI=1S/C23H35NO3/c1-14(24-26)19-7-8-20-18-6-5-16-13-17(27-15(2)25)9-11-22(16,3)21(18)10-12-23(19,20)4/h5,17-21,26H,6-13H2,1-4H3/b24-14+/t17-,18+,19+,20-,21+,22-,23+/m0/s1. The van der Waals surface area contributed by atoms with Crippen LogP contribution in [0.4, 0.5) is 0 Å². The third-order valence-electron chi connectivity index (χ3n) is 9.05. The highest BCUT2D eigenvalue weighted by Gasteiger charge is 2.59. The maximum absolute atomic E-state index is 11.4. The molecule has 4 heteroatoms. The lowest BCUT2D eigenvalue weighted by Gasteiger charge is -2.58. The van der Waals surface area contributed by atoms with Crippen molar-refractivity contribution in [2.45, 2.75) is 85.2 Å². The number of esters is 1. The molecule has 150 valence electrons. The molecule has 0 aromatic carbocycles. The number of ether oxygens (including phenoxy) is 1. The van der Waals surface area contributed by atoms with E-state index in [1.54, 1.807) is 5.57 Å². The maximum atomic E-state index is 11.4. The van der Waals surface area contributed by atoms with Gasteiger partial charge in [-0.05, 0) is 80.5 Å². The lowest BCUT2D eigenvalue weighted by Crippen LogP contribution is -2.51. The van der Waals surface area contributed by atoms with Crippen LogP contribution in [0.15, 0.2) is 16.8 Å². The van der Waals surface area contributed by atoms with E-state index in [4.69, 9.17) is 4.74 Å². The van der Waals surface area contributed by atoms with Gasteiger partial charge in [-0.25, -0.2) is 0 Å². The van der Waals surface area contributed by atoms with E-state index in [-0.39, 0.29) is 22.9 Å². The van der Waals surface area contributed by atoms with E-state index in [2.05, 4.69) is 25.1 Å². The Kier molecular flexibility index (Phi) is 4.67. The van der Waals surface area contributed by atoms with E-state index in [0.717, 1.165) is 42.7 Å². The molecule has 0 amide bonds. The Balaban J connectivity index is 1.58. The molecule has 0 spiro atoms. The van der Waals surface area contributed by atoms with Gasteiger partial charge in [-0.3, -0.25) is 4.79 Å². The Hall–Kier alpha value is -1.32. The molecule has 4 aliphatic carbocycles. The molecule has 4 rings (SSSR count). The largest absolute Gasteiger partial charge is 0.462 e. The van der Waals surface area contributed by atoms with Crippen molar-refractivity contribution in [2.24, 2.45) is 39.7 Å². The number of hydrogen-bond donors (Lipinski definition) is 1. The molecule has 0 saturated heterocycles. The fourth-order valence-corrected chi connectivity index (χ4v) is 7.72. The van der Waals surface area contributed by atoms with Crippen LogP contribution in [-0.2, 0) is 9.53 Å². The molecule has 4 aliphatic rings. The summed E-state index contributed by atoms with van der Waals surface area (Å²) in [4.78, 5) is 11.4. The van der Waals surface area contributed by atoms with Crippen molar-refractivity contribution < 1.29 is 14.7 Å². The molecule has 4 nitrogen and oxygen atoms in total. The summed E-state index contributed by atoms with van der Waals surface area (Å²) in [5.74, 6) is 2.52. The van der Waals surface area contributed by atoms with Gasteiger partial charge in [-0.15, -0.1) is 0 Å². The summed E-state index contributed by atoms with van der Waals surface area (Å²) in [7, 11) is 0. The smallest absolute Gasteiger partial charge is 0.302 e. The Labute approximate surface area is 163 Å². The Morgan fingerprint density at radius 3 is 2.63 bits per heavy atom. The number of fused-ring (bicyclic) bond motifs is 5. The first-order valence-electron chi connectivity index (χ1n) is 10.8. The van der Waals surface area contributed by atoms with Gasteiger partial charge in [0.2, 0.25) is 0 Å². The van der Waals surface area contributed by atoms with Gasteiger partial charge in [0.25, 0.3) is 0 Å². The van der Waals surface area contributed by atoms with Crippen molar-refractivity contribution in [2.75, 3.05) is 0 Å². The third-order valence-corrected chi connectivity index (χ3v) is 9.05. The van der Waals surface area contributed by atoms with Crippen molar-refractivity contribution in [3.63, 3.8) is 0 Å². The number of carbonyl (C=O) groups is 1. The van der Waals surface area contributed by atoms with E-state index in [9.17, 15) is 10.0 Å². The SMILES string of the molecule is CC(=O)O[C@H]1CC[C@@]2(C)C(=CC[C@H]3[C@H]2CC[C@]2(C)[C@@H](/C(C)=N/O)CC[C@@H]32)C1. The zero-order valence-corrected chi connectivity index (χ0v) is 17.3. The van der Waals surface area contributed by atoms with E-state index >= 15 is 0 Å². The van der Waals surface area contributed by atoms with Crippen LogP contribution in [0.3, 0.4) is 0 Å². The van der Waals surface area contributed by atoms with Gasteiger partial charge < -0.3 is 9.94 Å². The normalized spacial score (nSPS) is 46.7. The lowest BCUT2D eigenvalue weighted by molar-refractivity contribution is -0.148. The summed E-state index contributed by atoms with van der Waals surface area (Å²) in [6.07, 6.45) is 11.8. The van der Waals surface area contributed by atoms with Crippen molar-refractivity contribution >= 4 is 11.7 Å². The number of oxime groups is 1. The highest BCUT2D eigenvalue weighted by atomic mass is 16.5. The molecule has 0 radical (unpaired) electrons. The van der Waals surface area contributed by atoms with Crippen LogP contribution >= 0.6 is 0 Å². The monoisotopic (exact) mass is 373 g/mol. The second kappa shape index (κ2) is 6.63. The van der Waals surface area contributed by atoms with Gasteiger partial charge in [0, 0.05) is 19.3 Å². The van der Waals surface area contributed by atoms with Gasteiger partial charge in [0.1, 0.15) is 6.10 Å². The number of rotatable bonds is 2. The van der Waals surface area contributed by atoms with Crippen LogP contribution in [-0.4, -0.2) is 23.0 Å². The minimum absolute atomic E-state index is 0.0755. The van der Waals surface area contributed by atoms with Crippen LogP contribution in [0.2, 0.25) is 0 Å². The first kappa shape index (κ1) is 19.0. The Bertz CT molecular complexity index is 683. The first-order chi connectivity index (χ1) is 12.8. The summed E-state index contributed by atoms with van der Waals surface area (Å²) in [6.45, 7) is 8.46. The summed E-state index contributed by atoms with van der Waals surface area (Å²) in [5, 5.41) is 12.9. The van der Waals surface area contributed by atoms with E-state index < -0.39 is 0 Å². The molecule has 0 aromatic rings. The molecule has 0 unspecified atom stereocenters. The Morgan fingerprint density at radius 1 is 1.15 bits per heavy atom. The average molecular weight is 374 g/mol. The van der Waals surface area contributed by atoms with Gasteiger partial charge in [0.05, 0.1) is 5.71 Å².